The molecule has 0 saturated carbocycles. The van der Waals surface area contributed by atoms with Gasteiger partial charge >= 0.3 is 0 Å². The quantitative estimate of drug-likeness (QED) is 0.924. The summed E-state index contributed by atoms with van der Waals surface area (Å²) in [7, 11) is 0. The van der Waals surface area contributed by atoms with Crippen LogP contribution in [0.5, 0.6) is 0 Å². The van der Waals surface area contributed by atoms with Crippen molar-refractivity contribution >= 4 is 28.3 Å². The molecule has 22 heavy (non-hydrogen) atoms. The van der Waals surface area contributed by atoms with E-state index in [0.29, 0.717) is 5.13 Å². The van der Waals surface area contributed by atoms with Crippen molar-refractivity contribution in [2.45, 2.75) is 26.2 Å². The van der Waals surface area contributed by atoms with Crippen LogP contribution in [-0.4, -0.2) is 39.2 Å². The molecule has 0 unspecified atom stereocenters. The molecule has 0 aliphatic carbocycles. The van der Waals surface area contributed by atoms with Crippen LogP contribution in [0.4, 0.5) is 11.1 Å². The molecule has 1 N–H and O–H groups in total. The number of nitrogens with zero attached hydrogens (tertiary/aromatic N) is 5. The first-order valence-corrected chi connectivity index (χ1v) is 8.23. The van der Waals surface area contributed by atoms with Crippen LogP contribution in [0.1, 0.15) is 24.8 Å². The molecule has 8 heteroatoms. The summed E-state index contributed by atoms with van der Waals surface area (Å²) in [6.07, 6.45) is 5.90. The minimum atomic E-state index is 0.00828. The molecular formula is C14H18N6OS. The number of nitrogens with one attached hydrogen (secondary N) is 1. The van der Waals surface area contributed by atoms with E-state index in [2.05, 4.69) is 30.4 Å². The lowest BCUT2D eigenvalue weighted by Gasteiger charge is -2.30. The third-order valence-corrected chi connectivity index (χ3v) is 4.68. The lowest BCUT2D eigenvalue weighted by Crippen LogP contribution is -2.39. The average Bonchev–Trinajstić information content (AvgIpc) is 3.03. The minimum Gasteiger partial charge on any atom is -0.341 e. The number of piperidine rings is 1. The summed E-state index contributed by atoms with van der Waals surface area (Å²) in [6, 6.07) is 1.80. The Morgan fingerprint density at radius 2 is 2.05 bits per heavy atom. The number of aromatic nitrogens is 4. The van der Waals surface area contributed by atoms with Gasteiger partial charge < -0.3 is 10.2 Å². The third-order valence-electron chi connectivity index (χ3n) is 3.70. The monoisotopic (exact) mass is 318 g/mol. The van der Waals surface area contributed by atoms with Crippen molar-refractivity contribution in [3.05, 3.63) is 23.5 Å². The van der Waals surface area contributed by atoms with Crippen LogP contribution in [-0.2, 0) is 11.2 Å². The van der Waals surface area contributed by atoms with Gasteiger partial charge in [-0.3, -0.25) is 4.79 Å². The van der Waals surface area contributed by atoms with Crippen molar-refractivity contribution in [2.24, 2.45) is 5.92 Å². The number of anilines is 2. The highest BCUT2D eigenvalue weighted by atomic mass is 32.1. The molecule has 116 valence electrons. The Bertz CT molecular complexity index is 623. The first-order chi connectivity index (χ1) is 10.8. The number of aryl methyl sites for hydroxylation is 1. The Kier molecular flexibility index (Phi) is 4.57. The largest absolute Gasteiger partial charge is 0.341 e. The van der Waals surface area contributed by atoms with Crippen molar-refractivity contribution in [2.75, 3.05) is 23.3 Å². The molecule has 0 atom stereocenters. The lowest BCUT2D eigenvalue weighted by atomic mass is 9.96. The molecule has 2 aromatic rings. The van der Waals surface area contributed by atoms with Crippen LogP contribution in [0.2, 0.25) is 0 Å². The van der Waals surface area contributed by atoms with Crippen molar-refractivity contribution in [1.82, 2.24) is 20.2 Å². The summed E-state index contributed by atoms with van der Waals surface area (Å²) < 4.78 is 0. The Balaban J connectivity index is 1.53. The standard InChI is InChI=1S/C14H18N6OS/c1-2-11-18-19-14(22-11)17-12(21)10-4-8-20(9-5-10)13-15-6-3-7-16-13/h3,6-7,10H,2,4-5,8-9H2,1H3,(H,17,19,21). The molecule has 3 heterocycles. The first-order valence-electron chi connectivity index (χ1n) is 7.41. The van der Waals surface area contributed by atoms with E-state index in [1.165, 1.54) is 11.3 Å². The zero-order valence-electron chi connectivity index (χ0n) is 12.4. The predicted molar refractivity (Wildman–Crippen MR) is 84.9 cm³/mol. The van der Waals surface area contributed by atoms with E-state index in [-0.39, 0.29) is 11.8 Å². The second kappa shape index (κ2) is 6.78. The van der Waals surface area contributed by atoms with Gasteiger partial charge in [-0.1, -0.05) is 18.3 Å². The van der Waals surface area contributed by atoms with Crippen molar-refractivity contribution in [1.29, 1.82) is 0 Å². The maximum Gasteiger partial charge on any atom is 0.229 e. The Hall–Kier alpha value is -2.09. The number of carbonyl (C=O) groups excluding carboxylic acids is 1. The molecule has 1 aliphatic heterocycles. The maximum absolute atomic E-state index is 12.3. The normalized spacial score (nSPS) is 15.8. The smallest absolute Gasteiger partial charge is 0.229 e. The molecule has 1 amide bonds. The molecule has 0 radical (unpaired) electrons. The summed E-state index contributed by atoms with van der Waals surface area (Å²) in [4.78, 5) is 22.9. The highest BCUT2D eigenvalue weighted by molar-refractivity contribution is 7.15. The SMILES string of the molecule is CCc1nnc(NC(=O)C2CCN(c3ncccn3)CC2)s1. The summed E-state index contributed by atoms with van der Waals surface area (Å²) in [5.74, 6) is 0.777. The van der Waals surface area contributed by atoms with Crippen LogP contribution >= 0.6 is 11.3 Å². The van der Waals surface area contributed by atoms with Gasteiger partial charge in [-0.15, -0.1) is 10.2 Å². The minimum absolute atomic E-state index is 0.00828. The third kappa shape index (κ3) is 3.38. The fourth-order valence-electron chi connectivity index (χ4n) is 2.45. The molecule has 7 nitrogen and oxygen atoms in total. The van der Waals surface area contributed by atoms with Gasteiger partial charge in [0.2, 0.25) is 17.0 Å². The number of hydrogen-bond acceptors (Lipinski definition) is 7. The van der Waals surface area contributed by atoms with Crippen LogP contribution in [0.15, 0.2) is 18.5 Å². The van der Waals surface area contributed by atoms with Gasteiger partial charge in [0.1, 0.15) is 5.01 Å². The second-order valence-electron chi connectivity index (χ2n) is 5.15. The summed E-state index contributed by atoms with van der Waals surface area (Å²) in [5.41, 5.74) is 0. The molecule has 1 fully saturated rings. The zero-order valence-corrected chi connectivity index (χ0v) is 13.2. The molecule has 0 aromatic carbocycles. The van der Waals surface area contributed by atoms with Crippen molar-refractivity contribution in [3.63, 3.8) is 0 Å². The van der Waals surface area contributed by atoms with Gasteiger partial charge in [0, 0.05) is 31.4 Å². The summed E-state index contributed by atoms with van der Waals surface area (Å²) >= 11 is 1.44. The van der Waals surface area contributed by atoms with Gasteiger partial charge in [-0.25, -0.2) is 9.97 Å². The average molecular weight is 318 g/mol. The van der Waals surface area contributed by atoms with E-state index in [4.69, 9.17) is 0 Å². The fraction of sp³-hybridized carbons (Fsp3) is 0.500. The van der Waals surface area contributed by atoms with E-state index < -0.39 is 0 Å². The van der Waals surface area contributed by atoms with Gasteiger partial charge in [-0.2, -0.15) is 0 Å². The summed E-state index contributed by atoms with van der Waals surface area (Å²) in [6.45, 7) is 3.60. The van der Waals surface area contributed by atoms with Crippen molar-refractivity contribution < 1.29 is 4.79 Å². The highest BCUT2D eigenvalue weighted by Crippen LogP contribution is 2.23. The summed E-state index contributed by atoms with van der Waals surface area (Å²) in [5, 5.41) is 12.4. The van der Waals surface area contributed by atoms with E-state index in [0.717, 1.165) is 43.3 Å². The molecular weight excluding hydrogens is 300 g/mol. The molecule has 0 bridgehead atoms. The molecule has 0 spiro atoms. The van der Waals surface area contributed by atoms with E-state index >= 15 is 0 Å². The van der Waals surface area contributed by atoms with Gasteiger partial charge in [0.25, 0.3) is 0 Å². The molecule has 1 aliphatic rings. The van der Waals surface area contributed by atoms with E-state index in [1.807, 2.05) is 6.92 Å². The first kappa shape index (κ1) is 14.8. The highest BCUT2D eigenvalue weighted by Gasteiger charge is 2.26. The van der Waals surface area contributed by atoms with Crippen LogP contribution < -0.4 is 10.2 Å². The Morgan fingerprint density at radius 1 is 1.32 bits per heavy atom. The zero-order chi connectivity index (χ0) is 15.4. The van der Waals surface area contributed by atoms with Gasteiger partial charge in [0.05, 0.1) is 0 Å². The van der Waals surface area contributed by atoms with E-state index in [9.17, 15) is 4.79 Å². The molecule has 1 saturated heterocycles. The van der Waals surface area contributed by atoms with Crippen LogP contribution in [0.25, 0.3) is 0 Å². The van der Waals surface area contributed by atoms with Crippen LogP contribution in [0, 0.1) is 5.92 Å². The number of rotatable bonds is 4. The lowest BCUT2D eigenvalue weighted by molar-refractivity contribution is -0.120. The van der Waals surface area contributed by atoms with Gasteiger partial charge in [0.15, 0.2) is 0 Å². The maximum atomic E-state index is 12.3. The van der Waals surface area contributed by atoms with Crippen molar-refractivity contribution in [3.8, 4) is 0 Å². The molecule has 3 rings (SSSR count). The van der Waals surface area contributed by atoms with Gasteiger partial charge in [-0.05, 0) is 25.3 Å². The molecule has 2 aromatic heterocycles. The number of carbonyl (C=O) groups is 1. The Labute approximate surface area is 132 Å². The second-order valence-corrected chi connectivity index (χ2v) is 6.22. The Morgan fingerprint density at radius 3 is 2.68 bits per heavy atom. The predicted octanol–water partition coefficient (Wildman–Crippen LogP) is 1.75. The van der Waals surface area contributed by atoms with E-state index in [1.54, 1.807) is 18.5 Å². The number of amides is 1. The van der Waals surface area contributed by atoms with Crippen LogP contribution in [0.3, 0.4) is 0 Å². The topological polar surface area (TPSA) is 83.9 Å². The fourth-order valence-corrected chi connectivity index (χ4v) is 3.13. The number of hydrogen-bond donors (Lipinski definition) is 1.